The van der Waals surface area contributed by atoms with Crippen molar-refractivity contribution in [2.45, 2.75) is 289 Å². The molecule has 0 rings (SSSR count). The molecule has 1 amide bonds. The third-order valence-corrected chi connectivity index (χ3v) is 12.0. The predicted octanol–water partition coefficient (Wildman–Crippen LogP) is 17.1. The summed E-state index contributed by atoms with van der Waals surface area (Å²) in [5, 5.41) is 22.9. The third-order valence-electron chi connectivity index (χ3n) is 12.0. The van der Waals surface area contributed by atoms with Crippen molar-refractivity contribution >= 4 is 5.91 Å². The van der Waals surface area contributed by atoms with Gasteiger partial charge in [-0.15, -0.1) is 0 Å². The van der Waals surface area contributed by atoms with Gasteiger partial charge in [-0.05, 0) is 64.2 Å². The highest BCUT2D eigenvalue weighted by molar-refractivity contribution is 5.76. The molecular formula is C55H103NO3. The van der Waals surface area contributed by atoms with Crippen molar-refractivity contribution in [3.05, 3.63) is 48.6 Å². The minimum Gasteiger partial charge on any atom is -0.394 e. The molecule has 0 saturated carbocycles. The number of nitrogens with one attached hydrogen (secondary N) is 1. The molecule has 0 fully saturated rings. The second-order valence-electron chi connectivity index (χ2n) is 17.9. The molecule has 346 valence electrons. The Labute approximate surface area is 369 Å². The van der Waals surface area contributed by atoms with Gasteiger partial charge in [0.1, 0.15) is 0 Å². The van der Waals surface area contributed by atoms with E-state index < -0.39 is 12.1 Å². The predicted molar refractivity (Wildman–Crippen MR) is 262 cm³/mol. The Morgan fingerprint density at radius 2 is 0.712 bits per heavy atom. The Bertz CT molecular complexity index is 939. The topological polar surface area (TPSA) is 69.6 Å². The molecule has 0 aromatic rings. The molecule has 0 spiro atoms. The number of amides is 1. The molecule has 4 heteroatoms. The molecule has 0 heterocycles. The van der Waals surface area contributed by atoms with Crippen LogP contribution in [0.5, 0.6) is 0 Å². The smallest absolute Gasteiger partial charge is 0.220 e. The van der Waals surface area contributed by atoms with Crippen LogP contribution in [0.4, 0.5) is 0 Å². The summed E-state index contributed by atoms with van der Waals surface area (Å²) < 4.78 is 0. The van der Waals surface area contributed by atoms with Crippen LogP contribution in [0, 0.1) is 0 Å². The molecule has 0 bridgehead atoms. The van der Waals surface area contributed by atoms with Gasteiger partial charge in [0, 0.05) is 6.42 Å². The van der Waals surface area contributed by atoms with Crippen LogP contribution in [0.25, 0.3) is 0 Å². The SMILES string of the molecule is CC/C=C/CC/C=C/CC/C=C/C(O)C(CO)NC(=O)CCCCCCCCCCCCCCCCCCC/C=C\CCCCCCCCCCCCCCCCCC. The van der Waals surface area contributed by atoms with E-state index in [1.165, 1.54) is 212 Å². The maximum absolute atomic E-state index is 12.4. The largest absolute Gasteiger partial charge is 0.394 e. The fourth-order valence-corrected chi connectivity index (χ4v) is 8.04. The van der Waals surface area contributed by atoms with Gasteiger partial charge in [-0.25, -0.2) is 0 Å². The zero-order chi connectivity index (χ0) is 42.8. The molecule has 0 saturated heterocycles. The lowest BCUT2D eigenvalue weighted by Gasteiger charge is -2.19. The monoisotopic (exact) mass is 826 g/mol. The maximum atomic E-state index is 12.4. The van der Waals surface area contributed by atoms with E-state index in [2.05, 4.69) is 55.6 Å². The number of hydrogen-bond donors (Lipinski definition) is 3. The number of rotatable bonds is 48. The van der Waals surface area contributed by atoms with Crippen LogP contribution >= 0.6 is 0 Å². The molecule has 0 aromatic heterocycles. The molecule has 0 aliphatic carbocycles. The zero-order valence-electron chi connectivity index (χ0n) is 39.8. The number of aliphatic hydroxyl groups is 2. The molecule has 0 aromatic carbocycles. The van der Waals surface area contributed by atoms with Crippen LogP contribution in [0.2, 0.25) is 0 Å². The van der Waals surface area contributed by atoms with E-state index >= 15 is 0 Å². The fourth-order valence-electron chi connectivity index (χ4n) is 8.04. The van der Waals surface area contributed by atoms with Gasteiger partial charge in [-0.1, -0.05) is 255 Å². The first-order valence-electron chi connectivity index (χ1n) is 26.4. The minimum atomic E-state index is -0.868. The van der Waals surface area contributed by atoms with Crippen LogP contribution in [-0.4, -0.2) is 34.9 Å². The molecule has 2 unspecified atom stereocenters. The second-order valence-corrected chi connectivity index (χ2v) is 17.9. The fraction of sp³-hybridized carbons (Fsp3) is 0.836. The third kappa shape index (κ3) is 47.3. The maximum Gasteiger partial charge on any atom is 0.220 e. The van der Waals surface area contributed by atoms with Gasteiger partial charge in [-0.2, -0.15) is 0 Å². The molecular weight excluding hydrogens is 723 g/mol. The highest BCUT2D eigenvalue weighted by atomic mass is 16.3. The van der Waals surface area contributed by atoms with Gasteiger partial charge in [0.2, 0.25) is 5.91 Å². The van der Waals surface area contributed by atoms with E-state index in [1.54, 1.807) is 6.08 Å². The number of carbonyl (C=O) groups excluding carboxylic acids is 1. The molecule has 2 atom stereocenters. The summed E-state index contributed by atoms with van der Waals surface area (Å²) in [6.45, 7) is 4.18. The number of carbonyl (C=O) groups is 1. The lowest BCUT2D eigenvalue weighted by atomic mass is 10.0. The number of hydrogen-bond acceptors (Lipinski definition) is 3. The first kappa shape index (κ1) is 57.3. The van der Waals surface area contributed by atoms with E-state index in [-0.39, 0.29) is 12.5 Å². The van der Waals surface area contributed by atoms with E-state index in [4.69, 9.17) is 0 Å². The van der Waals surface area contributed by atoms with Crippen molar-refractivity contribution in [3.63, 3.8) is 0 Å². The average Bonchev–Trinajstić information content (AvgIpc) is 3.24. The van der Waals surface area contributed by atoms with Crippen molar-refractivity contribution in [2.75, 3.05) is 6.61 Å². The quantitative estimate of drug-likeness (QED) is 0.0423. The Morgan fingerprint density at radius 1 is 0.407 bits per heavy atom. The van der Waals surface area contributed by atoms with E-state index in [9.17, 15) is 15.0 Å². The summed E-state index contributed by atoms with van der Waals surface area (Å²) in [6, 6.07) is -0.643. The van der Waals surface area contributed by atoms with Gasteiger partial charge < -0.3 is 15.5 Å². The first-order valence-corrected chi connectivity index (χ1v) is 26.4. The Balaban J connectivity index is 3.38. The summed E-state index contributed by atoms with van der Waals surface area (Å²) in [7, 11) is 0. The van der Waals surface area contributed by atoms with Crippen LogP contribution < -0.4 is 5.32 Å². The number of aliphatic hydroxyl groups excluding tert-OH is 2. The molecule has 59 heavy (non-hydrogen) atoms. The summed E-state index contributed by atoms with van der Waals surface area (Å²) >= 11 is 0. The summed E-state index contributed by atoms with van der Waals surface area (Å²) in [5.41, 5.74) is 0. The van der Waals surface area contributed by atoms with Crippen molar-refractivity contribution in [1.82, 2.24) is 5.32 Å². The zero-order valence-corrected chi connectivity index (χ0v) is 39.8. The highest BCUT2D eigenvalue weighted by Crippen LogP contribution is 2.17. The standard InChI is InChI=1S/C55H103NO3/c1-3-5-7-9-11-13-15-16-17-18-19-20-21-22-23-24-25-26-27-28-29-30-31-32-33-34-35-36-37-38-39-40-41-43-45-47-49-51-55(59)56-53(52-57)54(58)50-48-46-44-42-14-12-10-8-6-4-2/h6,8,14,26-27,42,48,50,53-54,57-58H,3-5,7,9-13,15-25,28-41,43-47,49,51-52H2,1-2H3,(H,56,59)/b8-6+,27-26-,42-14+,50-48+. The van der Waals surface area contributed by atoms with Crippen molar-refractivity contribution in [2.24, 2.45) is 0 Å². The Kier molecular flexibility index (Phi) is 49.3. The highest BCUT2D eigenvalue weighted by Gasteiger charge is 2.17. The van der Waals surface area contributed by atoms with Gasteiger partial charge in [0.15, 0.2) is 0 Å². The van der Waals surface area contributed by atoms with Crippen LogP contribution in [0.15, 0.2) is 48.6 Å². The van der Waals surface area contributed by atoms with Gasteiger partial charge in [-0.3, -0.25) is 4.79 Å². The molecule has 0 aliphatic heterocycles. The van der Waals surface area contributed by atoms with Crippen molar-refractivity contribution in [3.8, 4) is 0 Å². The van der Waals surface area contributed by atoms with Crippen LogP contribution in [0.1, 0.15) is 277 Å². The summed E-state index contributed by atoms with van der Waals surface area (Å²) in [5.74, 6) is -0.0782. The molecule has 3 N–H and O–H groups in total. The van der Waals surface area contributed by atoms with Crippen LogP contribution in [-0.2, 0) is 4.79 Å². The lowest BCUT2D eigenvalue weighted by Crippen LogP contribution is -2.45. The number of allylic oxidation sites excluding steroid dienone is 7. The van der Waals surface area contributed by atoms with E-state index in [0.29, 0.717) is 6.42 Å². The van der Waals surface area contributed by atoms with Crippen molar-refractivity contribution < 1.29 is 15.0 Å². The second kappa shape index (κ2) is 50.7. The van der Waals surface area contributed by atoms with Gasteiger partial charge >= 0.3 is 0 Å². The summed E-state index contributed by atoms with van der Waals surface area (Å²) in [4.78, 5) is 12.4. The van der Waals surface area contributed by atoms with E-state index in [1.807, 2.05) is 6.08 Å². The first-order chi connectivity index (χ1) is 29.2. The van der Waals surface area contributed by atoms with Crippen molar-refractivity contribution in [1.29, 1.82) is 0 Å². The summed E-state index contributed by atoms with van der Waals surface area (Å²) in [6.07, 6.45) is 70.1. The normalized spacial score (nSPS) is 13.2. The van der Waals surface area contributed by atoms with Gasteiger partial charge in [0.25, 0.3) is 0 Å². The Hall–Kier alpha value is -1.65. The number of unbranched alkanes of at least 4 members (excludes halogenated alkanes) is 35. The minimum absolute atomic E-state index is 0.0782. The van der Waals surface area contributed by atoms with Gasteiger partial charge in [0.05, 0.1) is 18.8 Å². The average molecular weight is 826 g/mol. The Morgan fingerprint density at radius 3 is 1.07 bits per heavy atom. The van der Waals surface area contributed by atoms with E-state index in [0.717, 1.165) is 44.9 Å². The molecule has 4 nitrogen and oxygen atoms in total. The van der Waals surface area contributed by atoms with Crippen LogP contribution in [0.3, 0.4) is 0 Å². The molecule has 0 aliphatic rings. The lowest BCUT2D eigenvalue weighted by molar-refractivity contribution is -0.123. The molecule has 0 radical (unpaired) electrons.